The molecule has 4 aliphatic carbocycles. The van der Waals surface area contributed by atoms with Gasteiger partial charge in [-0.2, -0.15) is 13.2 Å². The number of alkyl halides is 3. The van der Waals surface area contributed by atoms with Crippen molar-refractivity contribution in [3.63, 3.8) is 0 Å². The third-order valence-corrected chi connectivity index (χ3v) is 8.29. The van der Waals surface area contributed by atoms with E-state index in [1.807, 2.05) is 6.07 Å². The molecule has 2 unspecified atom stereocenters. The zero-order chi connectivity index (χ0) is 21.5. The molecule has 5 aliphatic rings. The third-order valence-electron chi connectivity index (χ3n) is 6.87. The normalized spacial score (nSPS) is 36.3. The Balaban J connectivity index is 1.46. The number of carbonyl (C=O) groups excluding carboxylic acids is 2. The fourth-order valence-corrected chi connectivity index (χ4v) is 7.96. The van der Waals surface area contributed by atoms with Gasteiger partial charge in [0.15, 0.2) is 12.4 Å². The minimum atomic E-state index is -4.56. The van der Waals surface area contributed by atoms with Gasteiger partial charge >= 0.3 is 18.1 Å². The van der Waals surface area contributed by atoms with Crippen LogP contribution in [0.4, 0.5) is 13.2 Å². The molecule has 0 aromatic heterocycles. The summed E-state index contributed by atoms with van der Waals surface area (Å²) < 4.78 is 56.4. The summed E-state index contributed by atoms with van der Waals surface area (Å²) in [6.45, 7) is -1.57. The number of fused-ring (bicyclic) bond motifs is 1. The van der Waals surface area contributed by atoms with Crippen LogP contribution in [0.15, 0.2) is 12.1 Å². The Labute approximate surface area is 197 Å². The summed E-state index contributed by atoms with van der Waals surface area (Å²) in [5, 5.41) is 0. The number of hydrogen-bond acceptors (Lipinski definition) is 5. The van der Waals surface area contributed by atoms with Crippen molar-refractivity contribution in [1.82, 2.24) is 0 Å². The number of esters is 2. The second-order valence-electron chi connectivity index (χ2n) is 8.79. The fraction of sp³-hybridized carbons (Fsp3) is 0.600. The van der Waals surface area contributed by atoms with Crippen LogP contribution in [0.2, 0.25) is 0 Å². The quantitative estimate of drug-likeness (QED) is 0.331. The van der Waals surface area contributed by atoms with Crippen LogP contribution < -0.4 is 4.74 Å². The molecule has 162 valence electrons. The lowest BCUT2D eigenvalue weighted by Crippen LogP contribution is -2.67. The molecule has 1 heterocycles. The maximum Gasteiger partial charge on any atom is 0.422 e. The van der Waals surface area contributed by atoms with Crippen LogP contribution in [0.3, 0.4) is 0 Å². The first-order chi connectivity index (χ1) is 14.0. The molecule has 2 atom stereocenters. The zero-order valence-electron chi connectivity index (χ0n) is 15.6. The maximum atomic E-state index is 12.9. The third kappa shape index (κ3) is 3.22. The van der Waals surface area contributed by atoms with E-state index in [1.54, 1.807) is 6.07 Å². The van der Waals surface area contributed by atoms with Crippen LogP contribution >= 0.6 is 45.2 Å². The summed E-state index contributed by atoms with van der Waals surface area (Å²) in [4.78, 5) is 25.6. The molecule has 4 saturated carbocycles. The van der Waals surface area contributed by atoms with E-state index in [-0.39, 0.29) is 17.8 Å². The molecule has 1 aromatic carbocycles. The summed E-state index contributed by atoms with van der Waals surface area (Å²) in [6, 6.07) is 3.64. The molecule has 10 heteroatoms. The maximum absolute atomic E-state index is 12.9. The first-order valence-electron chi connectivity index (χ1n) is 9.67. The molecule has 1 aliphatic heterocycles. The van der Waals surface area contributed by atoms with E-state index in [0.29, 0.717) is 43.4 Å². The van der Waals surface area contributed by atoms with Crippen molar-refractivity contribution >= 4 is 57.1 Å². The van der Waals surface area contributed by atoms with Gasteiger partial charge in [-0.3, -0.25) is 4.79 Å². The molecule has 0 radical (unpaired) electrons. The Morgan fingerprint density at radius 1 is 1.13 bits per heavy atom. The Kier molecular flexibility index (Phi) is 4.81. The van der Waals surface area contributed by atoms with Crippen molar-refractivity contribution in [2.75, 3.05) is 6.61 Å². The SMILES string of the molecule is O=C1OC2(Oc3c(I)cc(I)cc31)C1CC3CC2CC(C(=O)OCC(F)(F)F)(C3)C1. The molecule has 6 rings (SSSR count). The second kappa shape index (κ2) is 6.85. The number of benzene rings is 1. The molecular formula is C20H17F3I2O5. The lowest BCUT2D eigenvalue weighted by Gasteiger charge is -2.62. The van der Waals surface area contributed by atoms with Crippen LogP contribution in [-0.4, -0.2) is 30.5 Å². The molecule has 4 bridgehead atoms. The van der Waals surface area contributed by atoms with Gasteiger partial charge in [-0.05, 0) is 95.3 Å². The van der Waals surface area contributed by atoms with Gasteiger partial charge in [0, 0.05) is 15.4 Å². The highest BCUT2D eigenvalue weighted by Crippen LogP contribution is 2.66. The van der Waals surface area contributed by atoms with Crippen molar-refractivity contribution in [3.8, 4) is 5.75 Å². The van der Waals surface area contributed by atoms with Gasteiger partial charge in [0.2, 0.25) is 0 Å². The molecule has 0 amide bonds. The highest BCUT2D eigenvalue weighted by molar-refractivity contribution is 14.1. The summed E-state index contributed by atoms with van der Waals surface area (Å²) in [5.74, 6) is -2.24. The average Bonchev–Trinajstić information content (AvgIpc) is 2.64. The van der Waals surface area contributed by atoms with Crippen LogP contribution in [-0.2, 0) is 14.3 Å². The summed E-state index contributed by atoms with van der Waals surface area (Å²) in [6.07, 6.45) is -1.99. The van der Waals surface area contributed by atoms with Crippen molar-refractivity contribution in [2.24, 2.45) is 23.2 Å². The average molecular weight is 648 g/mol. The predicted octanol–water partition coefficient (Wildman–Crippen LogP) is 5.07. The number of rotatable bonds is 2. The van der Waals surface area contributed by atoms with Crippen LogP contribution in [0.1, 0.15) is 42.5 Å². The second-order valence-corrected chi connectivity index (χ2v) is 11.2. The minimum absolute atomic E-state index is 0.186. The molecular weight excluding hydrogens is 631 g/mol. The Morgan fingerprint density at radius 2 is 1.80 bits per heavy atom. The fourth-order valence-electron chi connectivity index (χ4n) is 6.01. The van der Waals surface area contributed by atoms with Gasteiger partial charge in [0.05, 0.1) is 8.99 Å². The van der Waals surface area contributed by atoms with Gasteiger partial charge in [0.1, 0.15) is 5.56 Å². The van der Waals surface area contributed by atoms with Crippen molar-refractivity contribution in [3.05, 3.63) is 24.8 Å². The first kappa shape index (κ1) is 21.1. The van der Waals surface area contributed by atoms with Gasteiger partial charge in [0.25, 0.3) is 5.79 Å². The van der Waals surface area contributed by atoms with Crippen LogP contribution in [0.5, 0.6) is 5.75 Å². The van der Waals surface area contributed by atoms with E-state index in [4.69, 9.17) is 9.47 Å². The Bertz CT molecular complexity index is 931. The van der Waals surface area contributed by atoms with Crippen LogP contribution in [0.25, 0.3) is 0 Å². The van der Waals surface area contributed by atoms with E-state index in [9.17, 15) is 22.8 Å². The van der Waals surface area contributed by atoms with E-state index >= 15 is 0 Å². The lowest BCUT2D eigenvalue weighted by atomic mass is 9.47. The highest BCUT2D eigenvalue weighted by Gasteiger charge is 2.69. The Morgan fingerprint density at radius 3 is 2.43 bits per heavy atom. The molecule has 1 aromatic rings. The standard InChI is InChI=1S/C20H17F3I2O5/c21-19(22,23)8-28-17(27)18-5-9-1-10(6-18)20(11(2-9)7-18)29-15-13(16(26)30-20)3-12(24)4-14(15)25/h3-4,9-11H,1-2,5-8H2. The molecule has 0 saturated heterocycles. The molecule has 0 N–H and O–H groups in total. The molecule has 30 heavy (non-hydrogen) atoms. The smallest absolute Gasteiger partial charge is 0.422 e. The van der Waals surface area contributed by atoms with E-state index < -0.39 is 35.9 Å². The topological polar surface area (TPSA) is 61.8 Å². The lowest BCUT2D eigenvalue weighted by molar-refractivity contribution is -0.295. The van der Waals surface area contributed by atoms with E-state index in [2.05, 4.69) is 49.9 Å². The van der Waals surface area contributed by atoms with Crippen LogP contribution in [0, 0.1) is 30.3 Å². The van der Waals surface area contributed by atoms with Crippen molar-refractivity contribution in [1.29, 1.82) is 0 Å². The van der Waals surface area contributed by atoms with Gasteiger partial charge in [-0.1, -0.05) is 0 Å². The summed E-state index contributed by atoms with van der Waals surface area (Å²) >= 11 is 4.25. The predicted molar refractivity (Wildman–Crippen MR) is 114 cm³/mol. The Hall–Kier alpha value is -0.790. The minimum Gasteiger partial charge on any atom is -0.456 e. The summed E-state index contributed by atoms with van der Waals surface area (Å²) in [7, 11) is 0. The monoisotopic (exact) mass is 648 g/mol. The van der Waals surface area contributed by atoms with E-state index in [1.165, 1.54) is 0 Å². The number of carbonyl (C=O) groups is 2. The van der Waals surface area contributed by atoms with E-state index in [0.717, 1.165) is 7.14 Å². The zero-order valence-corrected chi connectivity index (χ0v) is 19.9. The number of hydrogen-bond donors (Lipinski definition) is 0. The van der Waals surface area contributed by atoms with Crippen molar-refractivity contribution < 1.29 is 37.0 Å². The number of halogens is 5. The molecule has 4 fully saturated rings. The summed E-state index contributed by atoms with van der Waals surface area (Å²) in [5.41, 5.74) is -0.576. The first-order valence-corrected chi connectivity index (χ1v) is 11.8. The van der Waals surface area contributed by atoms with Gasteiger partial charge in [-0.25, -0.2) is 4.79 Å². The largest absolute Gasteiger partial charge is 0.456 e. The number of ether oxygens (including phenoxy) is 3. The molecule has 5 nitrogen and oxygen atoms in total. The highest BCUT2D eigenvalue weighted by atomic mass is 127. The van der Waals surface area contributed by atoms with Gasteiger partial charge < -0.3 is 14.2 Å². The van der Waals surface area contributed by atoms with Crippen molar-refractivity contribution in [2.45, 2.75) is 44.1 Å². The molecule has 1 spiro atoms. The van der Waals surface area contributed by atoms with Gasteiger partial charge in [-0.15, -0.1) is 0 Å².